The van der Waals surface area contributed by atoms with E-state index in [0.29, 0.717) is 6.54 Å². The van der Waals surface area contributed by atoms with Gasteiger partial charge in [0.25, 0.3) is 0 Å². The van der Waals surface area contributed by atoms with Gasteiger partial charge >= 0.3 is 6.18 Å². The van der Waals surface area contributed by atoms with Crippen molar-refractivity contribution in [3.63, 3.8) is 0 Å². The Kier molecular flexibility index (Phi) is 5.44. The van der Waals surface area contributed by atoms with Crippen molar-refractivity contribution in [2.75, 3.05) is 19.6 Å². The Morgan fingerprint density at radius 2 is 1.59 bits per heavy atom. The van der Waals surface area contributed by atoms with Crippen LogP contribution in [0.2, 0.25) is 0 Å². The molecule has 2 N–H and O–H groups in total. The minimum Gasteiger partial charge on any atom is -0.316 e. The average molecular weight is 246 g/mol. The van der Waals surface area contributed by atoms with Crippen LogP contribution in [0.4, 0.5) is 13.2 Å². The minimum absolute atomic E-state index is 0.587. The molecule has 0 unspecified atom stereocenters. The average Bonchev–Trinajstić information content (AvgIpc) is 2.28. The largest absolute Gasteiger partial charge is 0.416 e. The molecule has 0 amide bonds. The maximum Gasteiger partial charge on any atom is 0.416 e. The van der Waals surface area contributed by atoms with Crippen LogP contribution in [0.15, 0.2) is 24.3 Å². The van der Waals surface area contributed by atoms with Crippen LogP contribution in [0.25, 0.3) is 0 Å². The molecule has 5 heteroatoms. The molecule has 2 nitrogen and oxygen atoms in total. The van der Waals surface area contributed by atoms with Gasteiger partial charge in [0.05, 0.1) is 5.56 Å². The van der Waals surface area contributed by atoms with Gasteiger partial charge in [-0.2, -0.15) is 13.2 Å². The monoisotopic (exact) mass is 246 g/mol. The van der Waals surface area contributed by atoms with Crippen LogP contribution >= 0.6 is 0 Å². The van der Waals surface area contributed by atoms with E-state index in [2.05, 4.69) is 10.6 Å². The van der Waals surface area contributed by atoms with Gasteiger partial charge in [-0.15, -0.1) is 0 Å². The van der Waals surface area contributed by atoms with E-state index in [1.54, 1.807) is 0 Å². The summed E-state index contributed by atoms with van der Waals surface area (Å²) in [6, 6.07) is 5.23. The predicted molar refractivity (Wildman–Crippen MR) is 61.7 cm³/mol. The van der Waals surface area contributed by atoms with Crippen molar-refractivity contribution in [2.24, 2.45) is 0 Å². The lowest BCUT2D eigenvalue weighted by atomic mass is 10.1. The van der Waals surface area contributed by atoms with Crippen LogP contribution < -0.4 is 10.6 Å². The Morgan fingerprint density at radius 3 is 2.12 bits per heavy atom. The van der Waals surface area contributed by atoms with Crippen LogP contribution in [-0.4, -0.2) is 19.6 Å². The number of likely N-dealkylation sites (N-methyl/N-ethyl adjacent to an activating group) is 1. The van der Waals surface area contributed by atoms with Crippen molar-refractivity contribution < 1.29 is 13.2 Å². The van der Waals surface area contributed by atoms with E-state index in [9.17, 15) is 13.2 Å². The number of hydrogen-bond acceptors (Lipinski definition) is 2. The third kappa shape index (κ3) is 5.19. The highest BCUT2D eigenvalue weighted by molar-refractivity contribution is 5.24. The number of hydrogen-bond donors (Lipinski definition) is 2. The van der Waals surface area contributed by atoms with Crippen LogP contribution in [0.3, 0.4) is 0 Å². The number of rotatable bonds is 6. The molecule has 17 heavy (non-hydrogen) atoms. The summed E-state index contributed by atoms with van der Waals surface area (Å²) >= 11 is 0. The molecule has 0 bridgehead atoms. The Bertz CT molecular complexity index is 320. The highest BCUT2D eigenvalue weighted by Crippen LogP contribution is 2.28. The number of nitrogens with one attached hydrogen (secondary N) is 2. The molecule has 0 heterocycles. The first-order valence-corrected chi connectivity index (χ1v) is 5.61. The molecular formula is C12H17F3N2. The van der Waals surface area contributed by atoms with Gasteiger partial charge in [-0.25, -0.2) is 0 Å². The van der Waals surface area contributed by atoms with Crippen molar-refractivity contribution in [1.82, 2.24) is 10.6 Å². The van der Waals surface area contributed by atoms with E-state index in [0.717, 1.165) is 37.3 Å². The van der Waals surface area contributed by atoms with Gasteiger partial charge in [-0.05, 0) is 24.2 Å². The molecule has 0 fully saturated rings. The molecule has 0 spiro atoms. The molecule has 0 atom stereocenters. The fourth-order valence-corrected chi connectivity index (χ4v) is 1.40. The van der Waals surface area contributed by atoms with Crippen molar-refractivity contribution >= 4 is 0 Å². The summed E-state index contributed by atoms with van der Waals surface area (Å²) in [5.41, 5.74) is 0.253. The summed E-state index contributed by atoms with van der Waals surface area (Å²) in [5, 5.41) is 6.30. The summed E-state index contributed by atoms with van der Waals surface area (Å²) in [6.45, 7) is 5.19. The molecule has 1 aromatic rings. The van der Waals surface area contributed by atoms with E-state index < -0.39 is 11.7 Å². The lowest BCUT2D eigenvalue weighted by Crippen LogP contribution is -2.26. The Balaban J connectivity index is 2.36. The molecule has 1 rings (SSSR count). The molecular weight excluding hydrogens is 229 g/mol. The SMILES string of the molecule is CCNCCNCc1ccc(C(F)(F)F)cc1. The number of alkyl halides is 3. The summed E-state index contributed by atoms with van der Waals surface area (Å²) in [5.74, 6) is 0. The maximum absolute atomic E-state index is 12.3. The molecule has 0 aromatic heterocycles. The van der Waals surface area contributed by atoms with Crippen LogP contribution in [0.1, 0.15) is 18.1 Å². The zero-order valence-corrected chi connectivity index (χ0v) is 9.77. The summed E-state index contributed by atoms with van der Waals surface area (Å²) in [7, 11) is 0. The normalized spacial score (nSPS) is 11.8. The molecule has 0 aliphatic carbocycles. The standard InChI is InChI=1S/C12H17F3N2/c1-2-16-7-8-17-9-10-3-5-11(6-4-10)12(13,14)15/h3-6,16-17H,2,7-9H2,1H3. The van der Waals surface area contributed by atoms with E-state index >= 15 is 0 Å². The van der Waals surface area contributed by atoms with Gasteiger partial charge in [-0.3, -0.25) is 0 Å². The second-order valence-electron chi connectivity index (χ2n) is 3.73. The third-order valence-electron chi connectivity index (χ3n) is 2.34. The van der Waals surface area contributed by atoms with E-state index in [4.69, 9.17) is 0 Å². The number of benzene rings is 1. The molecule has 1 aromatic carbocycles. The zero-order chi connectivity index (χ0) is 12.7. The minimum atomic E-state index is -4.25. The highest BCUT2D eigenvalue weighted by Gasteiger charge is 2.29. The lowest BCUT2D eigenvalue weighted by Gasteiger charge is -2.08. The smallest absolute Gasteiger partial charge is 0.316 e. The van der Waals surface area contributed by atoms with Gasteiger partial charge in [-0.1, -0.05) is 19.1 Å². The predicted octanol–water partition coefficient (Wildman–Crippen LogP) is 2.40. The first kappa shape index (κ1) is 14.0. The Labute approximate surface area is 99.2 Å². The van der Waals surface area contributed by atoms with Crippen LogP contribution in [0, 0.1) is 0 Å². The number of halogens is 3. The van der Waals surface area contributed by atoms with Gasteiger partial charge in [0.15, 0.2) is 0 Å². The van der Waals surface area contributed by atoms with Gasteiger partial charge in [0, 0.05) is 19.6 Å². The van der Waals surface area contributed by atoms with Crippen molar-refractivity contribution in [3.8, 4) is 0 Å². The summed E-state index contributed by atoms with van der Waals surface area (Å²) in [6.07, 6.45) is -4.25. The fraction of sp³-hybridized carbons (Fsp3) is 0.500. The summed E-state index contributed by atoms with van der Waals surface area (Å²) in [4.78, 5) is 0. The van der Waals surface area contributed by atoms with Gasteiger partial charge < -0.3 is 10.6 Å². The third-order valence-corrected chi connectivity index (χ3v) is 2.34. The molecule has 0 saturated heterocycles. The van der Waals surface area contributed by atoms with Crippen molar-refractivity contribution in [1.29, 1.82) is 0 Å². The first-order valence-electron chi connectivity index (χ1n) is 5.61. The summed E-state index contributed by atoms with van der Waals surface area (Å²) < 4.78 is 36.9. The second-order valence-corrected chi connectivity index (χ2v) is 3.73. The maximum atomic E-state index is 12.3. The lowest BCUT2D eigenvalue weighted by molar-refractivity contribution is -0.137. The Hall–Kier alpha value is -1.07. The molecule has 96 valence electrons. The quantitative estimate of drug-likeness (QED) is 0.753. The van der Waals surface area contributed by atoms with Crippen LogP contribution in [0.5, 0.6) is 0 Å². The van der Waals surface area contributed by atoms with Gasteiger partial charge in [0.1, 0.15) is 0 Å². The second kappa shape index (κ2) is 6.61. The highest BCUT2D eigenvalue weighted by atomic mass is 19.4. The molecule has 0 radical (unpaired) electrons. The molecule has 0 aliphatic rings. The van der Waals surface area contributed by atoms with Crippen molar-refractivity contribution in [3.05, 3.63) is 35.4 Å². The zero-order valence-electron chi connectivity index (χ0n) is 9.77. The van der Waals surface area contributed by atoms with E-state index in [1.165, 1.54) is 12.1 Å². The molecule has 0 saturated carbocycles. The Morgan fingerprint density at radius 1 is 1.00 bits per heavy atom. The van der Waals surface area contributed by atoms with Crippen LogP contribution in [-0.2, 0) is 12.7 Å². The first-order chi connectivity index (χ1) is 8.04. The topological polar surface area (TPSA) is 24.1 Å². The van der Waals surface area contributed by atoms with E-state index in [-0.39, 0.29) is 0 Å². The fourth-order valence-electron chi connectivity index (χ4n) is 1.40. The molecule has 0 aliphatic heterocycles. The van der Waals surface area contributed by atoms with Gasteiger partial charge in [0.2, 0.25) is 0 Å². The van der Waals surface area contributed by atoms with Crippen molar-refractivity contribution in [2.45, 2.75) is 19.6 Å². The van der Waals surface area contributed by atoms with E-state index in [1.807, 2.05) is 6.92 Å².